The van der Waals surface area contributed by atoms with E-state index in [1.807, 2.05) is 37.3 Å². The molecule has 0 saturated heterocycles. The minimum absolute atomic E-state index is 0.229. The van der Waals surface area contributed by atoms with Gasteiger partial charge in [-0.2, -0.15) is 0 Å². The maximum Gasteiger partial charge on any atom is 0.344 e. The zero-order chi connectivity index (χ0) is 21.6. The maximum absolute atomic E-state index is 12.5. The highest BCUT2D eigenvalue weighted by molar-refractivity contribution is 5.94. The predicted molar refractivity (Wildman–Crippen MR) is 118 cm³/mol. The number of para-hydroxylation sites is 1. The molecule has 0 aliphatic heterocycles. The van der Waals surface area contributed by atoms with Crippen molar-refractivity contribution in [2.24, 2.45) is 0 Å². The molecule has 0 bridgehead atoms. The second kappa shape index (κ2) is 9.26. The molecule has 0 unspecified atom stereocenters. The molecule has 3 aromatic carbocycles. The van der Waals surface area contributed by atoms with Crippen LogP contribution in [0.1, 0.15) is 40.5 Å². The van der Waals surface area contributed by atoms with Gasteiger partial charge < -0.3 is 9.47 Å². The molecule has 0 spiro atoms. The molecule has 1 heterocycles. The molecular formula is C25H22N2O4. The van der Waals surface area contributed by atoms with Crippen molar-refractivity contribution >= 4 is 22.8 Å². The van der Waals surface area contributed by atoms with Gasteiger partial charge in [0.1, 0.15) is 0 Å². The zero-order valence-corrected chi connectivity index (χ0v) is 17.2. The van der Waals surface area contributed by atoms with Gasteiger partial charge in [0.2, 0.25) is 5.88 Å². The number of fused-ring (bicyclic) bond motifs is 1. The third kappa shape index (κ3) is 4.48. The van der Waals surface area contributed by atoms with Crippen LogP contribution in [-0.2, 0) is 4.74 Å². The molecular weight excluding hydrogens is 392 g/mol. The molecule has 0 saturated carbocycles. The standard InChI is InChI=1S/C25H22N2O4/c1-2-3-17-30-24(28)19-13-15-20(16-14-19)27-22-12-8-7-11-21(22)23(26-27)31-25(29)18-9-5-4-6-10-18/h4-16H,2-3,17H2,1H3. The van der Waals surface area contributed by atoms with E-state index < -0.39 is 5.97 Å². The first-order chi connectivity index (χ1) is 15.2. The fourth-order valence-electron chi connectivity index (χ4n) is 3.16. The Labute approximate surface area is 180 Å². The van der Waals surface area contributed by atoms with E-state index in [1.165, 1.54) is 0 Å². The Balaban J connectivity index is 1.61. The zero-order valence-electron chi connectivity index (χ0n) is 17.2. The molecule has 6 nitrogen and oxygen atoms in total. The topological polar surface area (TPSA) is 70.4 Å². The summed E-state index contributed by atoms with van der Waals surface area (Å²) >= 11 is 0. The van der Waals surface area contributed by atoms with Crippen molar-refractivity contribution in [2.75, 3.05) is 6.61 Å². The van der Waals surface area contributed by atoms with Gasteiger partial charge in [-0.25, -0.2) is 14.3 Å². The monoisotopic (exact) mass is 414 g/mol. The number of rotatable bonds is 7. The third-order valence-corrected chi connectivity index (χ3v) is 4.83. The van der Waals surface area contributed by atoms with Gasteiger partial charge in [-0.3, -0.25) is 0 Å². The van der Waals surface area contributed by atoms with Crippen LogP contribution in [0.5, 0.6) is 5.88 Å². The Morgan fingerprint density at radius 3 is 2.26 bits per heavy atom. The van der Waals surface area contributed by atoms with Crippen molar-refractivity contribution in [3.63, 3.8) is 0 Å². The summed E-state index contributed by atoms with van der Waals surface area (Å²) in [6.45, 7) is 2.46. The molecule has 0 amide bonds. The van der Waals surface area contributed by atoms with Crippen LogP contribution in [0.4, 0.5) is 0 Å². The molecule has 0 aliphatic carbocycles. The molecule has 0 fully saturated rings. The maximum atomic E-state index is 12.5. The van der Waals surface area contributed by atoms with Gasteiger partial charge in [-0.05, 0) is 55.0 Å². The van der Waals surface area contributed by atoms with Crippen molar-refractivity contribution in [1.29, 1.82) is 0 Å². The largest absolute Gasteiger partial charge is 0.462 e. The van der Waals surface area contributed by atoms with Gasteiger partial charge >= 0.3 is 11.9 Å². The lowest BCUT2D eigenvalue weighted by Crippen LogP contribution is -2.09. The van der Waals surface area contributed by atoms with E-state index in [0.717, 1.165) is 29.4 Å². The molecule has 0 radical (unpaired) electrons. The summed E-state index contributed by atoms with van der Waals surface area (Å²) in [7, 11) is 0. The molecule has 4 rings (SSSR count). The molecule has 0 N–H and O–H groups in total. The fraction of sp³-hybridized carbons (Fsp3) is 0.160. The number of ether oxygens (including phenoxy) is 2. The Morgan fingerprint density at radius 1 is 0.839 bits per heavy atom. The number of benzene rings is 3. The fourth-order valence-corrected chi connectivity index (χ4v) is 3.16. The van der Waals surface area contributed by atoms with Crippen LogP contribution in [0.15, 0.2) is 78.9 Å². The average molecular weight is 414 g/mol. The minimum atomic E-state index is -0.471. The van der Waals surface area contributed by atoms with Crippen LogP contribution in [0.3, 0.4) is 0 Å². The van der Waals surface area contributed by atoms with E-state index >= 15 is 0 Å². The van der Waals surface area contributed by atoms with Crippen molar-refractivity contribution in [1.82, 2.24) is 9.78 Å². The number of nitrogens with zero attached hydrogens (tertiary/aromatic N) is 2. The Bertz CT molecular complexity index is 1200. The second-order valence-electron chi connectivity index (χ2n) is 7.03. The van der Waals surface area contributed by atoms with Gasteiger partial charge in [-0.15, -0.1) is 5.10 Å². The first kappa shape index (κ1) is 20.3. The summed E-state index contributed by atoms with van der Waals surface area (Å²) in [6, 6.07) is 23.3. The van der Waals surface area contributed by atoms with E-state index in [2.05, 4.69) is 5.10 Å². The summed E-state index contributed by atoms with van der Waals surface area (Å²) in [5.41, 5.74) is 2.46. The first-order valence-corrected chi connectivity index (χ1v) is 10.2. The number of unbranched alkanes of at least 4 members (excludes halogenated alkanes) is 1. The molecule has 0 atom stereocenters. The van der Waals surface area contributed by atoms with Crippen LogP contribution in [-0.4, -0.2) is 28.3 Å². The van der Waals surface area contributed by atoms with Gasteiger partial charge in [0, 0.05) is 0 Å². The molecule has 6 heteroatoms. The Morgan fingerprint density at radius 2 is 1.52 bits per heavy atom. The lowest BCUT2D eigenvalue weighted by molar-refractivity contribution is 0.0499. The minimum Gasteiger partial charge on any atom is -0.462 e. The SMILES string of the molecule is CCCCOC(=O)c1ccc(-n2nc(OC(=O)c3ccccc3)c3ccccc32)cc1. The van der Waals surface area contributed by atoms with Crippen LogP contribution in [0, 0.1) is 0 Å². The normalized spacial score (nSPS) is 10.7. The van der Waals surface area contributed by atoms with Gasteiger partial charge in [0.15, 0.2) is 0 Å². The second-order valence-corrected chi connectivity index (χ2v) is 7.03. The number of esters is 2. The van der Waals surface area contributed by atoms with Crippen LogP contribution in [0.25, 0.3) is 16.6 Å². The number of carbonyl (C=O) groups excluding carboxylic acids is 2. The predicted octanol–water partition coefficient (Wildman–Crippen LogP) is 5.20. The molecule has 4 aromatic rings. The summed E-state index contributed by atoms with van der Waals surface area (Å²) in [5.74, 6) is -0.587. The van der Waals surface area contributed by atoms with E-state index in [9.17, 15) is 9.59 Å². The summed E-state index contributed by atoms with van der Waals surface area (Å²) < 4.78 is 12.5. The highest BCUT2D eigenvalue weighted by Gasteiger charge is 2.17. The Kier molecular flexibility index (Phi) is 6.08. The lowest BCUT2D eigenvalue weighted by atomic mass is 10.2. The number of carbonyl (C=O) groups is 2. The molecule has 156 valence electrons. The first-order valence-electron chi connectivity index (χ1n) is 10.2. The van der Waals surface area contributed by atoms with Crippen LogP contribution < -0.4 is 4.74 Å². The van der Waals surface area contributed by atoms with Gasteiger partial charge in [-0.1, -0.05) is 43.7 Å². The van der Waals surface area contributed by atoms with Gasteiger partial charge in [0.25, 0.3) is 0 Å². The van der Waals surface area contributed by atoms with Crippen molar-refractivity contribution in [3.8, 4) is 11.6 Å². The lowest BCUT2D eigenvalue weighted by Gasteiger charge is -2.06. The molecule has 0 aliphatic rings. The third-order valence-electron chi connectivity index (χ3n) is 4.83. The van der Waals surface area contributed by atoms with E-state index in [4.69, 9.17) is 9.47 Å². The van der Waals surface area contributed by atoms with E-state index in [0.29, 0.717) is 17.7 Å². The number of hydrogen-bond acceptors (Lipinski definition) is 5. The highest BCUT2D eigenvalue weighted by atomic mass is 16.5. The Hall–Kier alpha value is -3.93. The smallest absolute Gasteiger partial charge is 0.344 e. The van der Waals surface area contributed by atoms with Crippen molar-refractivity contribution < 1.29 is 19.1 Å². The van der Waals surface area contributed by atoms with Gasteiger partial charge in [0.05, 0.1) is 34.3 Å². The van der Waals surface area contributed by atoms with E-state index in [1.54, 1.807) is 53.2 Å². The van der Waals surface area contributed by atoms with Crippen molar-refractivity contribution in [3.05, 3.63) is 90.0 Å². The summed E-state index contributed by atoms with van der Waals surface area (Å²) in [6.07, 6.45) is 1.81. The quantitative estimate of drug-likeness (QED) is 0.307. The van der Waals surface area contributed by atoms with E-state index in [-0.39, 0.29) is 11.8 Å². The summed E-state index contributed by atoms with van der Waals surface area (Å²) in [5, 5.41) is 5.24. The molecule has 1 aromatic heterocycles. The average Bonchev–Trinajstić information content (AvgIpc) is 3.18. The number of hydrogen-bond donors (Lipinski definition) is 0. The van der Waals surface area contributed by atoms with Crippen LogP contribution >= 0.6 is 0 Å². The van der Waals surface area contributed by atoms with Crippen molar-refractivity contribution in [2.45, 2.75) is 19.8 Å². The number of aromatic nitrogens is 2. The highest BCUT2D eigenvalue weighted by Crippen LogP contribution is 2.28. The summed E-state index contributed by atoms with van der Waals surface area (Å²) in [4.78, 5) is 24.6. The molecule has 31 heavy (non-hydrogen) atoms. The van der Waals surface area contributed by atoms with Crippen LogP contribution in [0.2, 0.25) is 0 Å².